The Labute approximate surface area is 137 Å². The van der Waals surface area contributed by atoms with Crippen molar-refractivity contribution in [2.24, 2.45) is 0 Å². The number of rotatable bonds is 3. The van der Waals surface area contributed by atoms with Crippen molar-refractivity contribution in [3.05, 3.63) is 35.6 Å². The highest BCUT2D eigenvalue weighted by atomic mass is 19.1. The number of likely N-dealkylation sites (tertiary alicyclic amines) is 1. The molecule has 1 heterocycles. The fourth-order valence-corrected chi connectivity index (χ4v) is 2.52. The summed E-state index contributed by atoms with van der Waals surface area (Å²) >= 11 is 0. The summed E-state index contributed by atoms with van der Waals surface area (Å²) in [6, 6.07) is 6.44. The molecule has 0 spiro atoms. The van der Waals surface area contributed by atoms with Crippen LogP contribution < -0.4 is 0 Å². The molecule has 5 heteroatoms. The monoisotopic (exact) mass is 323 g/mol. The molecule has 1 aliphatic heterocycles. The van der Waals surface area contributed by atoms with Crippen LogP contribution in [0.4, 0.5) is 9.18 Å². The number of hydrogen-bond donors (Lipinski definition) is 0. The number of nitrogens with zero attached hydrogens (tertiary/aromatic N) is 1. The predicted octanol–water partition coefficient (Wildman–Crippen LogP) is 4.13. The van der Waals surface area contributed by atoms with Gasteiger partial charge in [-0.3, -0.25) is 0 Å². The Bertz CT molecular complexity index is 545. The number of ether oxygens (including phenoxy) is 2. The summed E-state index contributed by atoms with van der Waals surface area (Å²) in [7, 11) is 0. The van der Waals surface area contributed by atoms with E-state index < -0.39 is 5.60 Å². The Hall–Kier alpha value is -1.62. The van der Waals surface area contributed by atoms with Gasteiger partial charge in [0, 0.05) is 13.1 Å². The van der Waals surface area contributed by atoms with Crippen LogP contribution in [0.15, 0.2) is 24.3 Å². The third kappa shape index (κ3) is 5.50. The lowest BCUT2D eigenvalue weighted by molar-refractivity contribution is -0.0812. The normalized spacial score (nSPS) is 17.9. The zero-order valence-electron chi connectivity index (χ0n) is 14.4. The van der Waals surface area contributed by atoms with Gasteiger partial charge in [-0.2, -0.15) is 0 Å². The lowest BCUT2D eigenvalue weighted by atomic mass is 9.93. The van der Waals surface area contributed by atoms with E-state index in [9.17, 15) is 9.18 Å². The van der Waals surface area contributed by atoms with Gasteiger partial charge < -0.3 is 14.4 Å². The van der Waals surface area contributed by atoms with E-state index in [2.05, 4.69) is 0 Å². The second kappa shape index (κ2) is 6.87. The number of halogens is 1. The molecule has 0 unspecified atom stereocenters. The average Bonchev–Trinajstić information content (AvgIpc) is 2.44. The van der Waals surface area contributed by atoms with Gasteiger partial charge in [-0.25, -0.2) is 9.18 Å². The Morgan fingerprint density at radius 1 is 1.30 bits per heavy atom. The molecule has 1 aromatic rings. The van der Waals surface area contributed by atoms with Crippen LogP contribution in [0.2, 0.25) is 0 Å². The lowest BCUT2D eigenvalue weighted by Crippen LogP contribution is -2.47. The number of amides is 1. The molecule has 0 atom stereocenters. The SMILES string of the molecule is CC(C)(C)OC(=O)N1CCC(C)(OCc2cccc(F)c2)CC1. The summed E-state index contributed by atoms with van der Waals surface area (Å²) in [5.74, 6) is -0.254. The highest BCUT2D eigenvalue weighted by Gasteiger charge is 2.34. The van der Waals surface area contributed by atoms with Crippen molar-refractivity contribution in [1.82, 2.24) is 4.90 Å². The molecular formula is C18H26FNO3. The summed E-state index contributed by atoms with van der Waals surface area (Å²) in [6.07, 6.45) is 1.20. The van der Waals surface area contributed by atoms with Crippen LogP contribution in [0.1, 0.15) is 46.1 Å². The van der Waals surface area contributed by atoms with E-state index in [0.717, 1.165) is 18.4 Å². The van der Waals surface area contributed by atoms with Crippen molar-refractivity contribution in [1.29, 1.82) is 0 Å². The van der Waals surface area contributed by atoms with Crippen molar-refractivity contribution in [3.8, 4) is 0 Å². The van der Waals surface area contributed by atoms with Gasteiger partial charge in [0.25, 0.3) is 0 Å². The van der Waals surface area contributed by atoms with Crippen LogP contribution in [0, 0.1) is 5.82 Å². The molecule has 0 saturated carbocycles. The molecule has 1 aliphatic rings. The topological polar surface area (TPSA) is 38.8 Å². The van der Waals surface area contributed by atoms with Gasteiger partial charge in [-0.15, -0.1) is 0 Å². The minimum Gasteiger partial charge on any atom is -0.444 e. The van der Waals surface area contributed by atoms with Crippen molar-refractivity contribution in [3.63, 3.8) is 0 Å². The van der Waals surface area contributed by atoms with Crippen molar-refractivity contribution in [2.75, 3.05) is 13.1 Å². The first-order chi connectivity index (χ1) is 10.7. The predicted molar refractivity (Wildman–Crippen MR) is 86.6 cm³/mol. The van der Waals surface area contributed by atoms with E-state index in [0.29, 0.717) is 19.7 Å². The molecule has 0 radical (unpaired) electrons. The Morgan fingerprint density at radius 2 is 1.96 bits per heavy atom. The average molecular weight is 323 g/mol. The fourth-order valence-electron chi connectivity index (χ4n) is 2.52. The highest BCUT2D eigenvalue weighted by Crippen LogP contribution is 2.28. The molecule has 2 rings (SSSR count). The van der Waals surface area contributed by atoms with Gasteiger partial charge in [0.05, 0.1) is 12.2 Å². The summed E-state index contributed by atoms with van der Waals surface area (Å²) < 4.78 is 24.6. The zero-order valence-corrected chi connectivity index (χ0v) is 14.4. The molecule has 0 aliphatic carbocycles. The van der Waals surface area contributed by atoms with Crippen molar-refractivity contribution >= 4 is 6.09 Å². The van der Waals surface area contributed by atoms with E-state index >= 15 is 0 Å². The fraction of sp³-hybridized carbons (Fsp3) is 0.611. The van der Waals surface area contributed by atoms with Crippen LogP contribution in [-0.2, 0) is 16.1 Å². The second-order valence-electron chi connectivity index (χ2n) is 7.34. The van der Waals surface area contributed by atoms with Gasteiger partial charge in [-0.05, 0) is 58.2 Å². The number of carbonyl (C=O) groups excluding carboxylic acids is 1. The zero-order chi connectivity index (χ0) is 17.1. The first kappa shape index (κ1) is 17.7. The van der Waals surface area contributed by atoms with E-state index in [4.69, 9.17) is 9.47 Å². The molecule has 0 N–H and O–H groups in total. The molecule has 0 aromatic heterocycles. The first-order valence-corrected chi connectivity index (χ1v) is 8.03. The van der Waals surface area contributed by atoms with E-state index in [1.54, 1.807) is 11.0 Å². The Balaban J connectivity index is 1.83. The summed E-state index contributed by atoms with van der Waals surface area (Å²) in [4.78, 5) is 13.8. The lowest BCUT2D eigenvalue weighted by Gasteiger charge is -2.39. The van der Waals surface area contributed by atoms with Crippen LogP contribution in [0.25, 0.3) is 0 Å². The van der Waals surface area contributed by atoms with Crippen molar-refractivity contribution < 1.29 is 18.7 Å². The molecule has 1 fully saturated rings. The van der Waals surface area contributed by atoms with Gasteiger partial charge in [0.15, 0.2) is 0 Å². The highest BCUT2D eigenvalue weighted by molar-refractivity contribution is 5.68. The van der Waals surface area contributed by atoms with Crippen LogP contribution >= 0.6 is 0 Å². The van der Waals surface area contributed by atoms with Gasteiger partial charge in [0.2, 0.25) is 0 Å². The van der Waals surface area contributed by atoms with Crippen LogP contribution in [0.3, 0.4) is 0 Å². The summed E-state index contributed by atoms with van der Waals surface area (Å²) in [6.45, 7) is 9.21. The smallest absolute Gasteiger partial charge is 0.410 e. The number of carbonyl (C=O) groups is 1. The third-order valence-electron chi connectivity index (χ3n) is 3.95. The van der Waals surface area contributed by atoms with E-state index in [1.165, 1.54) is 12.1 Å². The molecule has 23 heavy (non-hydrogen) atoms. The minimum atomic E-state index is -0.480. The molecule has 1 saturated heterocycles. The maximum absolute atomic E-state index is 13.2. The van der Waals surface area contributed by atoms with Gasteiger partial charge in [-0.1, -0.05) is 12.1 Å². The van der Waals surface area contributed by atoms with Crippen LogP contribution in [0.5, 0.6) is 0 Å². The second-order valence-corrected chi connectivity index (χ2v) is 7.34. The van der Waals surface area contributed by atoms with Gasteiger partial charge >= 0.3 is 6.09 Å². The third-order valence-corrected chi connectivity index (χ3v) is 3.95. The molecule has 4 nitrogen and oxygen atoms in total. The molecule has 0 bridgehead atoms. The maximum Gasteiger partial charge on any atom is 0.410 e. The molecular weight excluding hydrogens is 297 g/mol. The molecule has 128 valence electrons. The standard InChI is InChI=1S/C18H26FNO3/c1-17(2,3)23-16(21)20-10-8-18(4,9-11-20)22-13-14-6-5-7-15(19)12-14/h5-7,12H,8-11,13H2,1-4H3. The van der Waals surface area contributed by atoms with Gasteiger partial charge in [0.1, 0.15) is 11.4 Å². The van der Waals surface area contributed by atoms with Crippen LogP contribution in [-0.4, -0.2) is 35.3 Å². The number of hydrogen-bond acceptors (Lipinski definition) is 3. The van der Waals surface area contributed by atoms with Crippen molar-refractivity contribution in [2.45, 2.75) is 58.3 Å². The Kier molecular flexibility index (Phi) is 5.30. The Morgan fingerprint density at radius 3 is 2.52 bits per heavy atom. The number of piperidine rings is 1. The summed E-state index contributed by atoms with van der Waals surface area (Å²) in [5, 5.41) is 0. The molecule has 1 aromatic carbocycles. The quantitative estimate of drug-likeness (QED) is 0.839. The summed E-state index contributed by atoms with van der Waals surface area (Å²) in [5.41, 5.74) is 0.0390. The maximum atomic E-state index is 13.2. The molecule has 1 amide bonds. The largest absolute Gasteiger partial charge is 0.444 e. The van der Waals surface area contributed by atoms with E-state index in [-0.39, 0.29) is 17.5 Å². The number of benzene rings is 1. The van der Waals surface area contributed by atoms with E-state index in [1.807, 2.05) is 33.8 Å². The first-order valence-electron chi connectivity index (χ1n) is 8.03. The minimum absolute atomic E-state index is 0.254.